The third-order valence-corrected chi connectivity index (χ3v) is 6.38. The van der Waals surface area contributed by atoms with E-state index < -0.39 is 0 Å². The minimum Gasteiger partial charge on any atom is -0.349 e. The molecule has 0 saturated heterocycles. The Balaban J connectivity index is 1.88. The maximum atomic E-state index is 13.1. The molecule has 0 bridgehead atoms. The van der Waals surface area contributed by atoms with Gasteiger partial charge in [-0.25, -0.2) is 4.98 Å². The van der Waals surface area contributed by atoms with Gasteiger partial charge in [-0.1, -0.05) is 23.9 Å². The van der Waals surface area contributed by atoms with Crippen molar-refractivity contribution in [3.8, 4) is 0 Å². The van der Waals surface area contributed by atoms with Crippen LogP contribution in [-0.4, -0.2) is 46.3 Å². The predicted octanol–water partition coefficient (Wildman–Crippen LogP) is 2.34. The second-order valence-electron chi connectivity index (χ2n) is 7.92. The van der Waals surface area contributed by atoms with E-state index in [1.54, 1.807) is 4.57 Å². The lowest BCUT2D eigenvalue weighted by Crippen LogP contribution is -3.05. The molecule has 30 heavy (non-hydrogen) atoms. The van der Waals surface area contributed by atoms with E-state index in [0.717, 1.165) is 36.5 Å². The molecule has 0 spiro atoms. The van der Waals surface area contributed by atoms with Gasteiger partial charge in [0.1, 0.15) is 0 Å². The van der Waals surface area contributed by atoms with Gasteiger partial charge in [0, 0.05) is 36.5 Å². The maximum absolute atomic E-state index is 13.1. The van der Waals surface area contributed by atoms with Crippen molar-refractivity contribution in [3.63, 3.8) is 0 Å². The number of carbonyl (C=O) groups excluding carboxylic acids is 1. The van der Waals surface area contributed by atoms with Crippen molar-refractivity contribution >= 4 is 28.4 Å². The molecule has 0 unspecified atom stereocenters. The highest BCUT2D eigenvalue weighted by Gasteiger charge is 2.18. The summed E-state index contributed by atoms with van der Waals surface area (Å²) in [5.74, 6) is 0.331. The number of quaternary nitrogens is 1. The van der Waals surface area contributed by atoms with Crippen molar-refractivity contribution in [2.24, 2.45) is 0 Å². The molecule has 0 amide bonds. The van der Waals surface area contributed by atoms with Crippen LogP contribution in [0, 0.1) is 13.8 Å². The number of benzene rings is 1. The molecular formula is C23H31N4O2S+. The number of fused-ring (bicyclic) bond motifs is 1. The van der Waals surface area contributed by atoms with Gasteiger partial charge in [0.2, 0.25) is 0 Å². The number of aryl methyl sites for hydroxylation is 1. The van der Waals surface area contributed by atoms with Gasteiger partial charge in [-0.05, 0) is 39.0 Å². The van der Waals surface area contributed by atoms with Crippen molar-refractivity contribution in [2.75, 3.05) is 26.4 Å². The molecule has 0 saturated carbocycles. The number of thioether (sulfide) groups is 1. The molecule has 7 heteroatoms. The van der Waals surface area contributed by atoms with Gasteiger partial charge in [-0.15, -0.1) is 0 Å². The highest BCUT2D eigenvalue weighted by atomic mass is 32.2. The van der Waals surface area contributed by atoms with Crippen LogP contribution in [0.1, 0.15) is 35.1 Å². The highest BCUT2D eigenvalue weighted by Crippen LogP contribution is 2.22. The molecule has 0 aliphatic rings. The molecule has 2 aromatic heterocycles. The van der Waals surface area contributed by atoms with E-state index in [9.17, 15) is 9.59 Å². The number of ketones is 1. The standard InChI is InChI=1S/C23H30N4O2S/c1-6-26-16(2)14-19(17(26)3)21(28)15-30-23-24-20-11-8-7-10-18(20)22(29)27(23)13-9-12-25(4)5/h7-8,10-11,14H,6,9,12-13,15H2,1-5H3/p+1. The van der Waals surface area contributed by atoms with Crippen LogP contribution >= 0.6 is 11.8 Å². The summed E-state index contributed by atoms with van der Waals surface area (Å²) in [5.41, 5.74) is 3.49. The van der Waals surface area contributed by atoms with Gasteiger partial charge in [0.15, 0.2) is 10.9 Å². The number of aromatic nitrogens is 3. The molecule has 3 rings (SSSR count). The molecule has 6 nitrogen and oxygen atoms in total. The summed E-state index contributed by atoms with van der Waals surface area (Å²) in [4.78, 5) is 32.1. The first-order chi connectivity index (χ1) is 14.3. The molecule has 1 aromatic carbocycles. The Hall–Kier alpha value is -2.38. The molecule has 0 fully saturated rings. The lowest BCUT2D eigenvalue weighted by molar-refractivity contribution is -0.858. The van der Waals surface area contributed by atoms with E-state index in [2.05, 4.69) is 25.6 Å². The van der Waals surface area contributed by atoms with Gasteiger partial charge < -0.3 is 9.47 Å². The number of nitrogens with zero attached hydrogens (tertiary/aromatic N) is 3. The summed E-state index contributed by atoms with van der Waals surface area (Å²) in [5, 5.41) is 1.24. The molecule has 0 aliphatic heterocycles. The third-order valence-electron chi connectivity index (χ3n) is 5.41. The fourth-order valence-electron chi connectivity index (χ4n) is 3.82. The van der Waals surface area contributed by atoms with Crippen LogP contribution in [0.15, 0.2) is 40.3 Å². The zero-order chi connectivity index (χ0) is 21.8. The maximum Gasteiger partial charge on any atom is 0.262 e. The SMILES string of the molecule is CCn1c(C)cc(C(=O)CSc2nc3ccccc3c(=O)n2CCC[NH+](C)C)c1C. The summed E-state index contributed by atoms with van der Waals surface area (Å²) in [7, 11) is 4.20. The van der Waals surface area contributed by atoms with Crippen LogP contribution in [0.5, 0.6) is 0 Å². The van der Waals surface area contributed by atoms with Gasteiger partial charge in [-0.3, -0.25) is 14.2 Å². The number of carbonyl (C=O) groups is 1. The number of hydrogen-bond donors (Lipinski definition) is 1. The second kappa shape index (κ2) is 9.62. The molecule has 0 aliphatic carbocycles. The highest BCUT2D eigenvalue weighted by molar-refractivity contribution is 7.99. The Kier molecular flexibility index (Phi) is 7.15. The summed E-state index contributed by atoms with van der Waals surface area (Å²) in [6.45, 7) is 8.50. The van der Waals surface area contributed by atoms with Gasteiger partial charge in [-0.2, -0.15) is 0 Å². The average molecular weight is 428 g/mol. The monoisotopic (exact) mass is 427 g/mol. The Morgan fingerprint density at radius 1 is 1.17 bits per heavy atom. The minimum absolute atomic E-state index is 0.0338. The van der Waals surface area contributed by atoms with Crippen LogP contribution < -0.4 is 10.5 Å². The summed E-state index contributed by atoms with van der Waals surface area (Å²) >= 11 is 1.36. The lowest BCUT2D eigenvalue weighted by Gasteiger charge is -2.14. The van der Waals surface area contributed by atoms with Gasteiger partial charge >= 0.3 is 0 Å². The largest absolute Gasteiger partial charge is 0.349 e. The van der Waals surface area contributed by atoms with Crippen molar-refractivity contribution in [1.82, 2.24) is 14.1 Å². The Morgan fingerprint density at radius 2 is 1.90 bits per heavy atom. The average Bonchev–Trinajstić information content (AvgIpc) is 3.01. The third kappa shape index (κ3) is 4.68. The molecule has 160 valence electrons. The van der Waals surface area contributed by atoms with E-state index in [1.807, 2.05) is 44.2 Å². The molecule has 3 aromatic rings. The summed E-state index contributed by atoms with van der Waals surface area (Å²) in [6.07, 6.45) is 0.876. The van der Waals surface area contributed by atoms with Crippen molar-refractivity contribution in [1.29, 1.82) is 0 Å². The molecule has 1 N–H and O–H groups in total. The second-order valence-corrected chi connectivity index (χ2v) is 8.86. The first-order valence-electron chi connectivity index (χ1n) is 10.4. The van der Waals surface area contributed by atoms with Crippen LogP contribution in [0.3, 0.4) is 0 Å². The fraction of sp³-hybridized carbons (Fsp3) is 0.435. The van der Waals surface area contributed by atoms with E-state index in [4.69, 9.17) is 4.98 Å². The van der Waals surface area contributed by atoms with Crippen LogP contribution in [0.2, 0.25) is 0 Å². The summed E-state index contributed by atoms with van der Waals surface area (Å²) < 4.78 is 3.88. The molecule has 0 radical (unpaired) electrons. The predicted molar refractivity (Wildman–Crippen MR) is 123 cm³/mol. The smallest absolute Gasteiger partial charge is 0.262 e. The minimum atomic E-state index is -0.0338. The quantitative estimate of drug-likeness (QED) is 0.324. The first kappa shape index (κ1) is 22.3. The van der Waals surface area contributed by atoms with E-state index >= 15 is 0 Å². The fourth-order valence-corrected chi connectivity index (χ4v) is 4.73. The number of hydrogen-bond acceptors (Lipinski definition) is 4. The Labute approximate surface area is 181 Å². The Bertz CT molecular complexity index is 1110. The van der Waals surface area contributed by atoms with E-state index in [0.29, 0.717) is 22.6 Å². The van der Waals surface area contributed by atoms with Crippen LogP contribution in [0.4, 0.5) is 0 Å². The van der Waals surface area contributed by atoms with Crippen molar-refractivity contribution in [3.05, 3.63) is 57.6 Å². The molecule has 0 atom stereocenters. The number of rotatable bonds is 9. The van der Waals surface area contributed by atoms with E-state index in [1.165, 1.54) is 16.7 Å². The number of Topliss-reactive ketones (excluding diaryl/α,β-unsaturated/α-hetero) is 1. The lowest BCUT2D eigenvalue weighted by atomic mass is 10.2. The van der Waals surface area contributed by atoms with Gasteiger partial charge in [0.25, 0.3) is 5.56 Å². The zero-order valence-corrected chi connectivity index (χ0v) is 19.3. The van der Waals surface area contributed by atoms with Crippen LogP contribution in [-0.2, 0) is 13.1 Å². The Morgan fingerprint density at radius 3 is 2.57 bits per heavy atom. The molecular weight excluding hydrogens is 396 g/mol. The zero-order valence-electron chi connectivity index (χ0n) is 18.5. The van der Waals surface area contributed by atoms with Crippen molar-refractivity contribution < 1.29 is 9.69 Å². The van der Waals surface area contributed by atoms with Crippen LogP contribution in [0.25, 0.3) is 10.9 Å². The number of nitrogens with one attached hydrogen (secondary N) is 1. The van der Waals surface area contributed by atoms with E-state index in [-0.39, 0.29) is 17.1 Å². The normalized spacial score (nSPS) is 11.5. The topological polar surface area (TPSA) is 61.3 Å². The van der Waals surface area contributed by atoms with Crippen molar-refractivity contribution in [2.45, 2.75) is 45.4 Å². The first-order valence-corrected chi connectivity index (χ1v) is 11.4. The number of para-hydroxylation sites is 1. The summed E-state index contributed by atoms with van der Waals surface area (Å²) in [6, 6.07) is 9.37. The van der Waals surface area contributed by atoms with Gasteiger partial charge in [0.05, 0.1) is 37.3 Å². The molecule has 2 heterocycles.